The molecule has 1 fully saturated rings. The summed E-state index contributed by atoms with van der Waals surface area (Å²) >= 11 is 11.5. The Morgan fingerprint density at radius 1 is 1.45 bits per heavy atom. The van der Waals surface area contributed by atoms with Crippen LogP contribution in [-0.2, 0) is 0 Å². The number of halogens is 1. The minimum absolute atomic E-state index is 0.483. The van der Waals surface area contributed by atoms with Crippen molar-refractivity contribution in [2.45, 2.75) is 52.1 Å². The highest BCUT2D eigenvalue weighted by atomic mass is 35.5. The molecule has 1 aromatic carbocycles. The van der Waals surface area contributed by atoms with Gasteiger partial charge in [-0.25, -0.2) is 0 Å². The van der Waals surface area contributed by atoms with Crippen molar-refractivity contribution in [2.75, 3.05) is 18.4 Å². The third kappa shape index (κ3) is 4.83. The number of thiocarbonyl (C=S) groups is 1. The molecule has 2 atom stereocenters. The lowest BCUT2D eigenvalue weighted by atomic mass is 10.0. The first-order valence-electron chi connectivity index (χ1n) is 8.04. The lowest BCUT2D eigenvalue weighted by Gasteiger charge is -2.38. The van der Waals surface area contributed by atoms with E-state index in [-0.39, 0.29) is 0 Å². The summed E-state index contributed by atoms with van der Waals surface area (Å²) in [6.07, 6.45) is 3.96. The molecular weight excluding hydrogens is 314 g/mol. The summed E-state index contributed by atoms with van der Waals surface area (Å²) in [5, 5.41) is 7.92. The van der Waals surface area contributed by atoms with Gasteiger partial charge in [0.1, 0.15) is 0 Å². The second-order valence-corrected chi connectivity index (χ2v) is 7.05. The molecule has 0 aromatic heterocycles. The summed E-state index contributed by atoms with van der Waals surface area (Å²) in [5.74, 6) is 0. The first-order valence-corrected chi connectivity index (χ1v) is 8.82. The van der Waals surface area contributed by atoms with Crippen LogP contribution in [0.2, 0.25) is 5.02 Å². The van der Waals surface area contributed by atoms with E-state index >= 15 is 0 Å². The van der Waals surface area contributed by atoms with Gasteiger partial charge < -0.3 is 10.6 Å². The Morgan fingerprint density at radius 3 is 2.91 bits per heavy atom. The van der Waals surface area contributed by atoms with Crippen LogP contribution in [0.25, 0.3) is 0 Å². The number of benzene rings is 1. The maximum Gasteiger partial charge on any atom is 0.170 e. The third-order valence-electron chi connectivity index (χ3n) is 4.41. The highest BCUT2D eigenvalue weighted by molar-refractivity contribution is 7.80. The Morgan fingerprint density at radius 2 is 2.23 bits per heavy atom. The third-order valence-corrected chi connectivity index (χ3v) is 5.06. The summed E-state index contributed by atoms with van der Waals surface area (Å²) in [4.78, 5) is 2.57. The predicted molar refractivity (Wildman–Crippen MR) is 99.9 cm³/mol. The van der Waals surface area contributed by atoms with Gasteiger partial charge in [-0.2, -0.15) is 0 Å². The zero-order chi connectivity index (χ0) is 16.1. The molecule has 0 aliphatic carbocycles. The van der Waals surface area contributed by atoms with E-state index in [0.29, 0.717) is 17.2 Å². The molecule has 2 N–H and O–H groups in total. The van der Waals surface area contributed by atoms with Gasteiger partial charge in [0.05, 0.1) is 0 Å². The molecule has 3 nitrogen and oxygen atoms in total. The summed E-state index contributed by atoms with van der Waals surface area (Å²) < 4.78 is 0. The smallest absolute Gasteiger partial charge is 0.170 e. The van der Waals surface area contributed by atoms with E-state index in [4.69, 9.17) is 23.8 Å². The number of hydrogen-bond donors (Lipinski definition) is 2. The number of anilines is 1. The van der Waals surface area contributed by atoms with Gasteiger partial charge >= 0.3 is 0 Å². The molecular formula is C17H26ClN3S. The van der Waals surface area contributed by atoms with Crippen LogP contribution in [0.1, 0.15) is 38.7 Å². The van der Waals surface area contributed by atoms with Crippen LogP contribution in [-0.4, -0.2) is 35.2 Å². The number of hydrogen-bond acceptors (Lipinski definition) is 2. The minimum atomic E-state index is 0.483. The Balaban J connectivity index is 1.80. The van der Waals surface area contributed by atoms with Gasteiger partial charge in [-0.15, -0.1) is 0 Å². The quantitative estimate of drug-likeness (QED) is 0.804. The Kier molecular flexibility index (Phi) is 6.48. The van der Waals surface area contributed by atoms with Crippen LogP contribution in [0.15, 0.2) is 18.2 Å². The van der Waals surface area contributed by atoms with Gasteiger partial charge in [0.25, 0.3) is 0 Å². The zero-order valence-corrected chi connectivity index (χ0v) is 15.2. The van der Waals surface area contributed by atoms with E-state index in [0.717, 1.165) is 22.8 Å². The van der Waals surface area contributed by atoms with Crippen LogP contribution < -0.4 is 10.6 Å². The molecule has 1 saturated heterocycles. The standard InChI is InChI=1S/C17H26ClN3S/c1-12-7-8-15(10-16(12)18)20-17(22)19-11-14(3)21-9-5-4-6-13(21)2/h7-8,10,13-14H,4-6,9,11H2,1-3H3,(H2,19,20,22). The number of likely N-dealkylation sites (tertiary alicyclic amines) is 1. The van der Waals surface area contributed by atoms with Crippen LogP contribution in [0.3, 0.4) is 0 Å². The topological polar surface area (TPSA) is 27.3 Å². The van der Waals surface area contributed by atoms with Gasteiger partial charge in [0.2, 0.25) is 0 Å². The number of rotatable bonds is 4. The van der Waals surface area contributed by atoms with E-state index in [1.54, 1.807) is 0 Å². The Bertz CT molecular complexity index is 521. The molecule has 0 radical (unpaired) electrons. The molecule has 2 rings (SSSR count). The van der Waals surface area contributed by atoms with Crippen molar-refractivity contribution in [3.63, 3.8) is 0 Å². The van der Waals surface area contributed by atoms with E-state index < -0.39 is 0 Å². The van der Waals surface area contributed by atoms with E-state index in [1.165, 1.54) is 25.8 Å². The predicted octanol–water partition coefficient (Wildman–Crippen LogP) is 4.20. The fourth-order valence-corrected chi connectivity index (χ4v) is 3.36. The van der Waals surface area contributed by atoms with Crippen molar-refractivity contribution < 1.29 is 0 Å². The fourth-order valence-electron chi connectivity index (χ4n) is 2.98. The second-order valence-electron chi connectivity index (χ2n) is 6.23. The molecule has 1 heterocycles. The van der Waals surface area contributed by atoms with Gasteiger partial charge in [0, 0.05) is 29.3 Å². The molecule has 2 unspecified atom stereocenters. The van der Waals surface area contributed by atoms with E-state index in [1.807, 2.05) is 25.1 Å². The van der Waals surface area contributed by atoms with Gasteiger partial charge in [-0.3, -0.25) is 4.90 Å². The molecule has 5 heteroatoms. The van der Waals surface area contributed by atoms with Crippen LogP contribution in [0.5, 0.6) is 0 Å². The fraction of sp³-hybridized carbons (Fsp3) is 0.588. The van der Waals surface area contributed by atoms with Crippen molar-refractivity contribution in [3.8, 4) is 0 Å². The summed E-state index contributed by atoms with van der Waals surface area (Å²) in [5.41, 5.74) is 1.99. The molecule has 0 saturated carbocycles. The number of nitrogens with zero attached hydrogens (tertiary/aromatic N) is 1. The molecule has 122 valence electrons. The average Bonchev–Trinajstić information content (AvgIpc) is 2.49. The summed E-state index contributed by atoms with van der Waals surface area (Å²) in [6, 6.07) is 7.04. The van der Waals surface area contributed by atoms with Crippen molar-refractivity contribution in [3.05, 3.63) is 28.8 Å². The monoisotopic (exact) mass is 339 g/mol. The lowest BCUT2D eigenvalue weighted by Crippen LogP contribution is -2.48. The van der Waals surface area contributed by atoms with E-state index in [9.17, 15) is 0 Å². The first kappa shape index (κ1) is 17.5. The highest BCUT2D eigenvalue weighted by Gasteiger charge is 2.22. The van der Waals surface area contributed by atoms with Crippen molar-refractivity contribution in [2.24, 2.45) is 0 Å². The van der Waals surface area contributed by atoms with Crippen molar-refractivity contribution in [1.29, 1.82) is 0 Å². The van der Waals surface area contributed by atoms with Crippen molar-refractivity contribution in [1.82, 2.24) is 10.2 Å². The van der Waals surface area contributed by atoms with Crippen LogP contribution >= 0.6 is 23.8 Å². The van der Waals surface area contributed by atoms with Crippen LogP contribution in [0.4, 0.5) is 5.69 Å². The maximum atomic E-state index is 6.13. The molecule has 1 aliphatic rings. The largest absolute Gasteiger partial charge is 0.361 e. The van der Waals surface area contributed by atoms with Gasteiger partial charge in [-0.1, -0.05) is 24.1 Å². The number of aryl methyl sites for hydroxylation is 1. The van der Waals surface area contributed by atoms with E-state index in [2.05, 4.69) is 29.4 Å². The molecule has 1 aromatic rings. The summed E-state index contributed by atoms with van der Waals surface area (Å²) in [6.45, 7) is 8.62. The molecule has 22 heavy (non-hydrogen) atoms. The Hall–Kier alpha value is -0.840. The minimum Gasteiger partial charge on any atom is -0.361 e. The zero-order valence-electron chi connectivity index (χ0n) is 13.7. The average molecular weight is 340 g/mol. The van der Waals surface area contributed by atoms with Gasteiger partial charge in [0.15, 0.2) is 5.11 Å². The second kappa shape index (κ2) is 8.14. The number of nitrogens with one attached hydrogen (secondary N) is 2. The highest BCUT2D eigenvalue weighted by Crippen LogP contribution is 2.20. The lowest BCUT2D eigenvalue weighted by molar-refractivity contribution is 0.116. The molecule has 0 bridgehead atoms. The summed E-state index contributed by atoms with van der Waals surface area (Å²) in [7, 11) is 0. The first-order chi connectivity index (χ1) is 10.5. The van der Waals surface area contributed by atoms with Crippen LogP contribution in [0, 0.1) is 6.92 Å². The molecule has 0 spiro atoms. The maximum absolute atomic E-state index is 6.13. The normalized spacial score (nSPS) is 20.5. The molecule has 0 amide bonds. The van der Waals surface area contributed by atoms with Crippen molar-refractivity contribution >= 4 is 34.6 Å². The Labute approximate surface area is 144 Å². The number of piperidine rings is 1. The van der Waals surface area contributed by atoms with Gasteiger partial charge in [-0.05, 0) is 70.1 Å². The molecule has 1 aliphatic heterocycles. The SMILES string of the molecule is Cc1ccc(NC(=S)NCC(C)N2CCCCC2C)cc1Cl.